The van der Waals surface area contributed by atoms with Crippen molar-refractivity contribution in [1.82, 2.24) is 10.2 Å². The van der Waals surface area contributed by atoms with Crippen molar-refractivity contribution in [3.05, 3.63) is 0 Å². The van der Waals surface area contributed by atoms with Gasteiger partial charge < -0.3 is 4.89 Å². The van der Waals surface area contributed by atoms with Crippen molar-refractivity contribution in [2.24, 2.45) is 0 Å². The molecular formula is C2H5N2O3P. The summed E-state index contributed by atoms with van der Waals surface area (Å²) in [6.45, 7) is 0. The van der Waals surface area contributed by atoms with Gasteiger partial charge in [-0.2, -0.15) is 0 Å². The summed E-state index contributed by atoms with van der Waals surface area (Å²) in [5.74, 6) is 0. The molecule has 0 heterocycles. The highest BCUT2D eigenvalue weighted by Gasteiger charge is 1.95. The molecule has 0 aliphatic heterocycles. The maximum atomic E-state index is 9.48. The van der Waals surface area contributed by atoms with E-state index in [9.17, 15) is 9.59 Å². The quantitative estimate of drug-likeness (QED) is 0.332. The Hall–Kier alpha value is -0.670. The van der Waals surface area contributed by atoms with E-state index in [1.807, 2.05) is 10.2 Å². The van der Waals surface area contributed by atoms with Gasteiger partial charge in [0, 0.05) is 0 Å². The van der Waals surface area contributed by atoms with Crippen LogP contribution in [0.2, 0.25) is 0 Å². The lowest BCUT2D eigenvalue weighted by Gasteiger charge is -2.01. The van der Waals surface area contributed by atoms with Crippen LogP contribution in [0.4, 0.5) is 0 Å². The van der Waals surface area contributed by atoms with Gasteiger partial charge in [0.05, 0.1) is 0 Å². The van der Waals surface area contributed by atoms with E-state index in [-0.39, 0.29) is 0 Å². The van der Waals surface area contributed by atoms with Gasteiger partial charge >= 0.3 is 0 Å². The molecule has 0 bridgehead atoms. The maximum Gasteiger partial charge on any atom is 0.244 e. The van der Waals surface area contributed by atoms with E-state index < -0.39 is 8.45 Å². The van der Waals surface area contributed by atoms with Crippen molar-refractivity contribution in [2.45, 2.75) is 0 Å². The fraction of sp³-hybridized carbons (Fsp3) is 0. The molecule has 0 saturated heterocycles. The Labute approximate surface area is 47.0 Å². The second-order valence-corrected chi connectivity index (χ2v) is 1.95. The lowest BCUT2D eigenvalue weighted by atomic mass is 11.5. The average Bonchev–Trinajstić information content (AvgIpc) is 1.68. The van der Waals surface area contributed by atoms with Gasteiger partial charge in [0.2, 0.25) is 21.3 Å². The molecule has 46 valence electrons. The summed E-state index contributed by atoms with van der Waals surface area (Å²) >= 11 is 0. The van der Waals surface area contributed by atoms with Crippen LogP contribution in [0.15, 0.2) is 0 Å². The van der Waals surface area contributed by atoms with Crippen LogP contribution >= 0.6 is 8.45 Å². The molecule has 0 unspecified atom stereocenters. The minimum absolute atomic E-state index is 0.308. The van der Waals surface area contributed by atoms with Crippen LogP contribution in [0.25, 0.3) is 0 Å². The summed E-state index contributed by atoms with van der Waals surface area (Å²) in [5, 5.41) is 3.89. The Morgan fingerprint density at radius 3 is 1.88 bits per heavy atom. The van der Waals surface area contributed by atoms with Gasteiger partial charge in [-0.05, 0) is 0 Å². The third-order valence-electron chi connectivity index (χ3n) is 0.350. The van der Waals surface area contributed by atoms with E-state index in [1.54, 1.807) is 0 Å². The molecule has 6 heteroatoms. The number of hydrogen-bond donors (Lipinski definition) is 3. The summed E-state index contributed by atoms with van der Waals surface area (Å²) in [4.78, 5) is 27.4. The smallest absolute Gasteiger partial charge is 0.244 e. The zero-order valence-corrected chi connectivity index (χ0v) is 4.76. The first kappa shape index (κ1) is 7.33. The van der Waals surface area contributed by atoms with Crippen LogP contribution in [0.1, 0.15) is 0 Å². The fourth-order valence-corrected chi connectivity index (χ4v) is 0.411. The Kier molecular flexibility index (Phi) is 4.11. The third-order valence-corrected chi connectivity index (χ3v) is 1.05. The lowest BCUT2D eigenvalue weighted by Crippen LogP contribution is -2.14. The van der Waals surface area contributed by atoms with Gasteiger partial charge in [0.15, 0.2) is 0 Å². The summed E-state index contributed by atoms with van der Waals surface area (Å²) in [6, 6.07) is 0. The molecule has 0 aliphatic rings. The van der Waals surface area contributed by atoms with Crippen molar-refractivity contribution >= 4 is 21.3 Å². The van der Waals surface area contributed by atoms with Crippen LogP contribution in [0, 0.1) is 0 Å². The molecule has 2 amide bonds. The number of nitrogens with one attached hydrogen (secondary N) is 2. The van der Waals surface area contributed by atoms with Crippen molar-refractivity contribution in [1.29, 1.82) is 0 Å². The number of amides is 2. The third kappa shape index (κ3) is 3.52. The largest absolute Gasteiger partial charge is 0.339 e. The molecule has 0 aliphatic carbocycles. The van der Waals surface area contributed by atoms with Crippen molar-refractivity contribution in [3.8, 4) is 0 Å². The van der Waals surface area contributed by atoms with Gasteiger partial charge in [-0.15, -0.1) is 0 Å². The highest BCUT2D eigenvalue weighted by molar-refractivity contribution is 7.48. The van der Waals surface area contributed by atoms with Gasteiger partial charge in [0.25, 0.3) is 0 Å². The molecule has 0 aromatic rings. The first-order valence-electron chi connectivity index (χ1n) is 1.70. The molecule has 3 N–H and O–H groups in total. The van der Waals surface area contributed by atoms with Gasteiger partial charge in [-0.3, -0.25) is 19.8 Å². The van der Waals surface area contributed by atoms with E-state index in [1.165, 1.54) is 0 Å². The average molecular weight is 136 g/mol. The molecule has 0 atom stereocenters. The van der Waals surface area contributed by atoms with E-state index in [0.29, 0.717) is 12.8 Å². The Bertz CT molecular complexity index is 77.4. The molecule has 8 heavy (non-hydrogen) atoms. The lowest BCUT2D eigenvalue weighted by molar-refractivity contribution is -0.108. The topological polar surface area (TPSA) is 78.4 Å². The van der Waals surface area contributed by atoms with Crippen molar-refractivity contribution < 1.29 is 14.5 Å². The Morgan fingerprint density at radius 2 is 1.62 bits per heavy atom. The van der Waals surface area contributed by atoms with Crippen LogP contribution < -0.4 is 10.2 Å². The fourth-order valence-electron chi connectivity index (χ4n) is 0.137. The van der Waals surface area contributed by atoms with E-state index in [2.05, 4.69) is 0 Å². The van der Waals surface area contributed by atoms with E-state index in [0.717, 1.165) is 0 Å². The zero-order chi connectivity index (χ0) is 6.41. The van der Waals surface area contributed by atoms with Crippen LogP contribution in [-0.4, -0.2) is 17.7 Å². The van der Waals surface area contributed by atoms with Crippen LogP contribution in [0.3, 0.4) is 0 Å². The Balaban J connectivity index is 3.16. The van der Waals surface area contributed by atoms with E-state index >= 15 is 0 Å². The number of rotatable bonds is 4. The normalized spacial score (nSPS) is 8.25. The maximum absolute atomic E-state index is 9.48. The monoisotopic (exact) mass is 136 g/mol. The predicted octanol–water partition coefficient (Wildman–Crippen LogP) is -1.30. The van der Waals surface area contributed by atoms with Crippen molar-refractivity contribution in [2.75, 3.05) is 0 Å². The molecule has 0 saturated carbocycles. The summed E-state index contributed by atoms with van der Waals surface area (Å²) in [6.07, 6.45) is 0.615. The molecular weight excluding hydrogens is 131 g/mol. The second-order valence-electron chi connectivity index (χ2n) is 0.806. The standard InChI is InChI=1S/C2H5N2O3P/c5-1-3-8(7)4-2-6/h1-2,7H,(H,3,5)(H,4,6). The van der Waals surface area contributed by atoms with Crippen LogP contribution in [0.5, 0.6) is 0 Å². The number of carbonyl (C=O) groups is 2. The second kappa shape index (κ2) is 4.49. The SMILES string of the molecule is O=CNP(O)NC=O. The molecule has 0 radical (unpaired) electrons. The molecule has 0 rings (SSSR count). The minimum atomic E-state index is -1.82. The minimum Gasteiger partial charge on any atom is -0.339 e. The van der Waals surface area contributed by atoms with Gasteiger partial charge in [0.1, 0.15) is 0 Å². The first-order chi connectivity index (χ1) is 3.81. The number of hydrogen-bond acceptors (Lipinski definition) is 3. The molecule has 0 aromatic heterocycles. The van der Waals surface area contributed by atoms with E-state index in [4.69, 9.17) is 4.89 Å². The zero-order valence-electron chi connectivity index (χ0n) is 3.87. The molecule has 0 spiro atoms. The molecule has 0 fully saturated rings. The van der Waals surface area contributed by atoms with Gasteiger partial charge in [-0.1, -0.05) is 0 Å². The van der Waals surface area contributed by atoms with Crippen molar-refractivity contribution in [3.63, 3.8) is 0 Å². The Morgan fingerprint density at radius 1 is 1.25 bits per heavy atom. The summed E-state index contributed by atoms with van der Waals surface area (Å²) < 4.78 is 0. The van der Waals surface area contributed by atoms with Crippen LogP contribution in [-0.2, 0) is 9.59 Å². The predicted molar refractivity (Wildman–Crippen MR) is 27.5 cm³/mol. The van der Waals surface area contributed by atoms with Gasteiger partial charge in [-0.25, -0.2) is 0 Å². The highest BCUT2D eigenvalue weighted by atomic mass is 31.2. The summed E-state index contributed by atoms with van der Waals surface area (Å²) in [5.41, 5.74) is 0. The highest BCUT2D eigenvalue weighted by Crippen LogP contribution is 2.12. The molecule has 0 aromatic carbocycles. The number of carbonyl (C=O) groups excluding carboxylic acids is 2. The first-order valence-corrected chi connectivity index (χ1v) is 2.99. The molecule has 5 nitrogen and oxygen atoms in total. The summed E-state index contributed by atoms with van der Waals surface area (Å²) in [7, 11) is -1.82.